The molecule has 1 N–H and O–H groups in total. The van der Waals surface area contributed by atoms with Gasteiger partial charge in [0.1, 0.15) is 5.75 Å². The first-order valence-corrected chi connectivity index (χ1v) is 6.86. The Morgan fingerprint density at radius 2 is 2.19 bits per heavy atom. The highest BCUT2D eigenvalue weighted by molar-refractivity contribution is 6.30. The topological polar surface area (TPSA) is 85.5 Å². The summed E-state index contributed by atoms with van der Waals surface area (Å²) in [5.41, 5.74) is 0.672. The van der Waals surface area contributed by atoms with E-state index in [4.69, 9.17) is 25.9 Å². The van der Waals surface area contributed by atoms with Crippen LogP contribution in [0.5, 0.6) is 5.75 Å². The van der Waals surface area contributed by atoms with Gasteiger partial charge >= 0.3 is 5.97 Å². The minimum atomic E-state index is -0.799. The van der Waals surface area contributed by atoms with Crippen molar-refractivity contribution < 1.29 is 19.1 Å². The Hall–Kier alpha value is -2.08. The van der Waals surface area contributed by atoms with Crippen molar-refractivity contribution in [1.82, 2.24) is 10.2 Å². The molecule has 0 saturated heterocycles. The number of nitrogens with zero attached hydrogens (tertiary/aromatic N) is 2. The molecule has 0 aliphatic rings. The quantitative estimate of drug-likeness (QED) is 0.790. The van der Waals surface area contributed by atoms with Crippen LogP contribution in [0, 0.1) is 0 Å². The van der Waals surface area contributed by atoms with Crippen molar-refractivity contribution in [3.63, 3.8) is 0 Å². The lowest BCUT2D eigenvalue weighted by molar-refractivity contribution is -0.137. The van der Waals surface area contributed by atoms with Gasteiger partial charge in [0.2, 0.25) is 5.89 Å². The smallest absolute Gasteiger partial charge is 0.303 e. The molecule has 1 aromatic heterocycles. The van der Waals surface area contributed by atoms with Crippen LogP contribution in [0.4, 0.5) is 0 Å². The zero-order chi connectivity index (χ0) is 15.2. The van der Waals surface area contributed by atoms with Crippen molar-refractivity contribution in [1.29, 1.82) is 0 Å². The Kier molecular flexibility index (Phi) is 5.16. The van der Waals surface area contributed by atoms with Crippen molar-refractivity contribution in [3.05, 3.63) is 29.1 Å². The highest BCUT2D eigenvalue weighted by Crippen LogP contribution is 2.31. The fourth-order valence-electron chi connectivity index (χ4n) is 1.86. The second-order valence-electron chi connectivity index (χ2n) is 4.45. The summed E-state index contributed by atoms with van der Waals surface area (Å²) in [5.74, 6) is 0.597. The normalized spacial score (nSPS) is 10.6. The number of rotatable bonds is 7. The molecule has 0 bridgehead atoms. The number of halogens is 1. The third-order valence-electron chi connectivity index (χ3n) is 2.89. The second kappa shape index (κ2) is 7.08. The third-order valence-corrected chi connectivity index (χ3v) is 3.13. The van der Waals surface area contributed by atoms with Crippen molar-refractivity contribution >= 4 is 17.6 Å². The summed E-state index contributed by atoms with van der Waals surface area (Å²) in [6.07, 6.45) is 1.96. The van der Waals surface area contributed by atoms with Gasteiger partial charge in [-0.2, -0.15) is 0 Å². The van der Waals surface area contributed by atoms with E-state index in [0.29, 0.717) is 47.4 Å². The number of benzene rings is 1. The second-order valence-corrected chi connectivity index (χ2v) is 4.88. The zero-order valence-electron chi connectivity index (χ0n) is 11.5. The van der Waals surface area contributed by atoms with Crippen LogP contribution in [0.15, 0.2) is 22.6 Å². The van der Waals surface area contributed by atoms with Gasteiger partial charge in [-0.05, 0) is 31.0 Å². The maximum Gasteiger partial charge on any atom is 0.303 e. The summed E-state index contributed by atoms with van der Waals surface area (Å²) in [6, 6.07) is 5.15. The molecule has 21 heavy (non-hydrogen) atoms. The molecular formula is C14H15ClN2O4. The predicted molar refractivity (Wildman–Crippen MR) is 76.5 cm³/mol. The Bertz CT molecular complexity index is 627. The predicted octanol–water partition coefficient (Wildman–Crippen LogP) is 3.20. The number of carboxylic acid groups (broad SMARTS) is 1. The van der Waals surface area contributed by atoms with E-state index in [0.717, 1.165) is 0 Å². The van der Waals surface area contributed by atoms with E-state index in [1.165, 1.54) is 0 Å². The summed E-state index contributed by atoms with van der Waals surface area (Å²) in [4.78, 5) is 10.4. The molecule has 0 fully saturated rings. The maximum absolute atomic E-state index is 10.4. The van der Waals surface area contributed by atoms with E-state index in [-0.39, 0.29) is 6.42 Å². The van der Waals surface area contributed by atoms with Crippen molar-refractivity contribution in [2.75, 3.05) is 7.11 Å². The van der Waals surface area contributed by atoms with Gasteiger partial charge in [-0.1, -0.05) is 11.6 Å². The summed E-state index contributed by atoms with van der Waals surface area (Å²) >= 11 is 5.90. The molecule has 6 nitrogen and oxygen atoms in total. The first kappa shape index (κ1) is 15.3. The number of hydrogen-bond donors (Lipinski definition) is 1. The molecule has 2 rings (SSSR count). The van der Waals surface area contributed by atoms with Gasteiger partial charge in [0.15, 0.2) is 0 Å². The maximum atomic E-state index is 10.4. The average molecular weight is 311 g/mol. The van der Waals surface area contributed by atoms with Crippen LogP contribution in [0.1, 0.15) is 25.2 Å². The summed E-state index contributed by atoms with van der Waals surface area (Å²) in [5, 5.41) is 17.1. The lowest BCUT2D eigenvalue weighted by atomic mass is 10.2. The van der Waals surface area contributed by atoms with Crippen LogP contribution in [-0.4, -0.2) is 28.4 Å². The standard InChI is InChI=1S/C14H15ClN2O4/c1-20-11-8-9(15)6-7-10(11)14-17-16-12(21-14)4-2-3-5-13(18)19/h6-8H,2-5H2,1H3,(H,18,19). The Balaban J connectivity index is 2.04. The van der Waals surface area contributed by atoms with E-state index in [9.17, 15) is 4.79 Å². The first-order chi connectivity index (χ1) is 10.1. The number of aliphatic carboxylic acids is 1. The molecule has 0 radical (unpaired) electrons. The molecular weight excluding hydrogens is 296 g/mol. The van der Waals surface area contributed by atoms with Gasteiger partial charge in [-0.3, -0.25) is 4.79 Å². The van der Waals surface area contributed by atoms with E-state index in [2.05, 4.69) is 10.2 Å². The number of aryl methyl sites for hydroxylation is 1. The number of ether oxygens (including phenoxy) is 1. The molecule has 0 aliphatic carbocycles. The fraction of sp³-hybridized carbons (Fsp3) is 0.357. The number of carbonyl (C=O) groups is 1. The Morgan fingerprint density at radius 3 is 2.90 bits per heavy atom. The summed E-state index contributed by atoms with van der Waals surface area (Å²) < 4.78 is 10.8. The fourth-order valence-corrected chi connectivity index (χ4v) is 2.02. The number of methoxy groups -OCH3 is 1. The number of unbranched alkanes of at least 4 members (excludes halogenated alkanes) is 1. The summed E-state index contributed by atoms with van der Waals surface area (Å²) in [7, 11) is 1.54. The molecule has 2 aromatic rings. The lowest BCUT2D eigenvalue weighted by Gasteiger charge is -2.04. The van der Waals surface area contributed by atoms with Gasteiger partial charge in [-0.25, -0.2) is 0 Å². The molecule has 0 aliphatic heterocycles. The molecule has 0 saturated carbocycles. The number of aromatic nitrogens is 2. The molecule has 0 atom stereocenters. The SMILES string of the molecule is COc1cc(Cl)ccc1-c1nnc(CCCCC(=O)O)o1. The van der Waals surface area contributed by atoms with Crippen LogP contribution >= 0.6 is 11.6 Å². The zero-order valence-corrected chi connectivity index (χ0v) is 12.3. The van der Waals surface area contributed by atoms with Crippen LogP contribution in [0.3, 0.4) is 0 Å². The molecule has 0 amide bonds. The van der Waals surface area contributed by atoms with Crippen molar-refractivity contribution in [3.8, 4) is 17.2 Å². The first-order valence-electron chi connectivity index (χ1n) is 6.48. The van der Waals surface area contributed by atoms with Gasteiger partial charge in [-0.15, -0.1) is 10.2 Å². The van der Waals surface area contributed by atoms with E-state index >= 15 is 0 Å². The van der Waals surface area contributed by atoms with E-state index < -0.39 is 5.97 Å². The van der Waals surface area contributed by atoms with Crippen LogP contribution in [0.25, 0.3) is 11.5 Å². The van der Waals surface area contributed by atoms with Crippen LogP contribution in [0.2, 0.25) is 5.02 Å². The summed E-state index contributed by atoms with van der Waals surface area (Å²) in [6.45, 7) is 0. The van der Waals surface area contributed by atoms with Crippen molar-refractivity contribution in [2.24, 2.45) is 0 Å². The molecule has 0 spiro atoms. The third kappa shape index (κ3) is 4.19. The Morgan fingerprint density at radius 1 is 1.38 bits per heavy atom. The minimum Gasteiger partial charge on any atom is -0.496 e. The average Bonchev–Trinajstić information content (AvgIpc) is 2.92. The molecule has 1 heterocycles. The van der Waals surface area contributed by atoms with Gasteiger partial charge in [0.05, 0.1) is 12.7 Å². The Labute approximate surface area is 126 Å². The van der Waals surface area contributed by atoms with Gasteiger partial charge in [0.25, 0.3) is 5.89 Å². The minimum absolute atomic E-state index is 0.145. The largest absolute Gasteiger partial charge is 0.496 e. The van der Waals surface area contributed by atoms with Crippen molar-refractivity contribution in [2.45, 2.75) is 25.7 Å². The van der Waals surface area contributed by atoms with Crippen LogP contribution in [-0.2, 0) is 11.2 Å². The number of hydrogen-bond acceptors (Lipinski definition) is 5. The molecule has 1 aromatic carbocycles. The molecule has 112 valence electrons. The van der Waals surface area contributed by atoms with Gasteiger partial charge in [0, 0.05) is 17.9 Å². The number of carboxylic acids is 1. The highest BCUT2D eigenvalue weighted by atomic mass is 35.5. The van der Waals surface area contributed by atoms with Crippen LogP contribution < -0.4 is 4.74 Å². The molecule has 0 unspecified atom stereocenters. The highest BCUT2D eigenvalue weighted by Gasteiger charge is 2.13. The van der Waals surface area contributed by atoms with E-state index in [1.54, 1.807) is 25.3 Å². The molecule has 7 heteroatoms. The van der Waals surface area contributed by atoms with E-state index in [1.807, 2.05) is 0 Å². The lowest BCUT2D eigenvalue weighted by Crippen LogP contribution is -1.95. The van der Waals surface area contributed by atoms with Gasteiger partial charge < -0.3 is 14.3 Å². The monoisotopic (exact) mass is 310 g/mol.